The van der Waals surface area contributed by atoms with E-state index in [-0.39, 0.29) is 48.2 Å². The summed E-state index contributed by atoms with van der Waals surface area (Å²) in [6.45, 7) is 17.0. The average molecular weight is 1120 g/mol. The summed E-state index contributed by atoms with van der Waals surface area (Å²) in [5.74, 6) is 2.65. The molecule has 7 aromatic rings. The molecule has 424 valence electrons. The number of aromatic hydroxyl groups is 1. The van der Waals surface area contributed by atoms with Crippen molar-refractivity contribution in [2.24, 2.45) is 11.8 Å². The molecule has 5 N–H and O–H groups in total. The second-order valence-electron chi connectivity index (χ2n) is 24.7. The van der Waals surface area contributed by atoms with Crippen LogP contribution >= 0.6 is 11.3 Å². The van der Waals surface area contributed by atoms with Crippen LogP contribution in [0.3, 0.4) is 0 Å². The number of β-amino-alcohol motifs (C(OH)–C–C–N with tert-alkyl or cyclic N) is 1. The third-order valence-electron chi connectivity index (χ3n) is 18.7. The Morgan fingerprint density at radius 3 is 2.41 bits per heavy atom. The van der Waals surface area contributed by atoms with Crippen molar-refractivity contribution in [3.63, 3.8) is 0 Å². The van der Waals surface area contributed by atoms with Crippen molar-refractivity contribution in [3.05, 3.63) is 101 Å². The molecule has 3 unspecified atom stereocenters. The van der Waals surface area contributed by atoms with Crippen molar-refractivity contribution in [2.75, 3.05) is 73.6 Å². The highest BCUT2D eigenvalue weighted by Gasteiger charge is 2.52. The molecule has 0 saturated carbocycles. The van der Waals surface area contributed by atoms with Crippen LogP contribution in [0.15, 0.2) is 76.9 Å². The summed E-state index contributed by atoms with van der Waals surface area (Å²) < 4.78 is 23.2. The number of fused-ring (bicyclic) bond motifs is 4. The second kappa shape index (κ2) is 21.3. The van der Waals surface area contributed by atoms with E-state index in [4.69, 9.17) is 19.5 Å². The predicted molar refractivity (Wildman–Crippen MR) is 313 cm³/mol. The highest BCUT2D eigenvalue weighted by atomic mass is 32.1. The molecule has 5 atom stereocenters. The summed E-state index contributed by atoms with van der Waals surface area (Å²) in [4.78, 5) is 58.3. The Labute approximate surface area is 475 Å². The molecule has 1 amide bonds. The molecule has 0 radical (unpaired) electrons. The normalized spacial score (nSPS) is 23.3. The van der Waals surface area contributed by atoms with Gasteiger partial charge in [0, 0.05) is 100 Å². The Kier molecular flexibility index (Phi) is 14.1. The van der Waals surface area contributed by atoms with Crippen molar-refractivity contribution in [2.45, 2.75) is 127 Å². The number of anilines is 3. The van der Waals surface area contributed by atoms with Crippen molar-refractivity contribution in [3.8, 4) is 27.4 Å². The van der Waals surface area contributed by atoms with Gasteiger partial charge in [-0.2, -0.15) is 4.98 Å². The molecule has 10 heterocycles. The lowest BCUT2D eigenvalue weighted by Gasteiger charge is -2.48. The quantitative estimate of drug-likeness (QED) is 0.0579. The van der Waals surface area contributed by atoms with Gasteiger partial charge in [0.2, 0.25) is 11.9 Å². The third kappa shape index (κ3) is 10.1. The number of amides is 1. The number of aliphatic hydroxyl groups is 1. The van der Waals surface area contributed by atoms with Crippen molar-refractivity contribution in [1.29, 1.82) is 0 Å². The number of ketones is 1. The number of aromatic nitrogens is 5. The van der Waals surface area contributed by atoms with Crippen LogP contribution in [0.5, 0.6) is 5.75 Å². The number of halogens is 1. The second-order valence-corrected chi connectivity index (χ2v) is 25.6. The predicted octanol–water partition coefficient (Wildman–Crippen LogP) is 8.25. The fourth-order valence-electron chi connectivity index (χ4n) is 13.9. The van der Waals surface area contributed by atoms with Gasteiger partial charge in [-0.05, 0) is 117 Å². The fraction of sp³-hybridized carbons (Fsp3) is 0.500. The van der Waals surface area contributed by atoms with Crippen LogP contribution < -0.4 is 30.7 Å². The van der Waals surface area contributed by atoms with Crippen LogP contribution in [0, 0.1) is 24.6 Å². The van der Waals surface area contributed by atoms with Crippen molar-refractivity contribution < 1.29 is 28.7 Å². The molecule has 6 saturated heterocycles. The van der Waals surface area contributed by atoms with Gasteiger partial charge in [0.1, 0.15) is 28.5 Å². The van der Waals surface area contributed by atoms with E-state index in [2.05, 4.69) is 52.6 Å². The van der Waals surface area contributed by atoms with Gasteiger partial charge in [0.25, 0.3) is 0 Å². The number of hydrogen-bond donors (Lipinski definition) is 5. The highest BCUT2D eigenvalue weighted by Crippen LogP contribution is 2.42. The molecule has 0 aliphatic carbocycles. The zero-order valence-electron chi connectivity index (χ0n) is 46.9. The molecule has 6 aliphatic rings. The molecule has 13 rings (SSSR count). The van der Waals surface area contributed by atoms with Gasteiger partial charge in [-0.1, -0.05) is 68.4 Å². The number of aliphatic hydroxyl groups excluding tert-OH is 1. The number of Topliss-reactive ketones (excluding diaryl/α,β-unsaturated/α-hetero) is 1. The maximum atomic E-state index is 17.3. The maximum absolute atomic E-state index is 17.3. The summed E-state index contributed by atoms with van der Waals surface area (Å²) in [5, 5.41) is 38.2. The minimum absolute atomic E-state index is 0.00918. The lowest BCUT2D eigenvalue weighted by atomic mass is 9.77. The molecule has 4 aromatic heterocycles. The third-order valence-corrected chi connectivity index (χ3v) is 19.7. The first-order valence-electron chi connectivity index (χ1n) is 29.2. The van der Waals surface area contributed by atoms with E-state index in [0.29, 0.717) is 52.6 Å². The van der Waals surface area contributed by atoms with Crippen molar-refractivity contribution >= 4 is 62.3 Å². The van der Waals surface area contributed by atoms with E-state index in [0.717, 1.165) is 141 Å². The zero-order chi connectivity index (χ0) is 55.9. The molecule has 6 fully saturated rings. The highest BCUT2D eigenvalue weighted by molar-refractivity contribution is 7.13. The first kappa shape index (κ1) is 53.7. The van der Waals surface area contributed by atoms with E-state index in [1.54, 1.807) is 29.7 Å². The number of piperidine rings is 1. The number of hydrogen-bond acceptors (Lipinski definition) is 17. The van der Waals surface area contributed by atoms with Gasteiger partial charge in [-0.3, -0.25) is 24.8 Å². The monoisotopic (exact) mass is 1120 g/mol. The average Bonchev–Trinajstić information content (AvgIpc) is 4.49. The van der Waals surface area contributed by atoms with Crippen LogP contribution in [0.25, 0.3) is 43.4 Å². The van der Waals surface area contributed by atoms with Gasteiger partial charge in [-0.25, -0.2) is 14.4 Å². The molecule has 17 nitrogen and oxygen atoms in total. The molecule has 81 heavy (non-hydrogen) atoms. The molecule has 0 spiro atoms. The minimum atomic E-state index is -1.58. The topological polar surface area (TPSA) is 201 Å². The molecular weight excluding hydrogens is 1040 g/mol. The number of rotatable bonds is 16. The van der Waals surface area contributed by atoms with Gasteiger partial charge < -0.3 is 40.1 Å². The van der Waals surface area contributed by atoms with E-state index in [9.17, 15) is 19.8 Å². The first-order valence-corrected chi connectivity index (χ1v) is 30.1. The van der Waals surface area contributed by atoms with Gasteiger partial charge in [-0.15, -0.1) is 11.3 Å². The Morgan fingerprint density at radius 2 is 1.70 bits per heavy atom. The van der Waals surface area contributed by atoms with E-state index < -0.39 is 28.8 Å². The Bertz CT molecular complexity index is 3510. The summed E-state index contributed by atoms with van der Waals surface area (Å²) in [6.07, 6.45) is 7.33. The maximum Gasteiger partial charge on any atom is 0.248 e. The van der Waals surface area contributed by atoms with E-state index >= 15 is 4.39 Å². The van der Waals surface area contributed by atoms with Crippen LogP contribution in [-0.2, 0) is 21.4 Å². The number of carbonyl (C=O) groups is 2. The largest absolute Gasteiger partial charge is 0.508 e. The van der Waals surface area contributed by atoms with E-state index in [1.807, 2.05) is 81.7 Å². The van der Waals surface area contributed by atoms with Crippen LogP contribution in [0.2, 0.25) is 0 Å². The molecule has 6 aliphatic heterocycles. The SMILES string of the molecule is CCc1cccc2cc(O)cc(-c3ncc4c(N5CC6CCC(C5)N6)nc(N5CC(N6CCC(CC7CN(c8cc(C(C)(C)CC(=O)[C@@]9(C(=O)N[C@@H](C)c%10ccc(-c%11scnc%11C)cc%10)CC(O)CN9)on8)C7)CC6)C5)nc4c3F)c12. The van der Waals surface area contributed by atoms with Gasteiger partial charge in [0.05, 0.1) is 33.6 Å². The smallest absolute Gasteiger partial charge is 0.248 e. The number of nitrogens with zero attached hydrogens (tertiary/aromatic N) is 9. The lowest BCUT2D eigenvalue weighted by molar-refractivity contribution is -0.138. The standard InChI is InChI=1S/C62H73FN12O5S/c1-6-39-8-7-9-42-21-46(76)22-48(53(39)42)55-54(63)56-49(27-64-55)58(74-30-43-14-15-44(31-74)68-43)70-60(69-56)75-32-45(33-75)72-18-16-37(17-19-72)20-38-28-73(29-38)52-23-51(80-71-52)61(4,5)25-50(78)62(24-47(77)26-66-62)59(79)67-35(2)40-10-12-41(13-11-40)57-36(3)65-34-81-57/h7-13,21-23,27,34-35,37-38,43-45,47,66,68,76-77H,6,14-20,24-26,28-33H2,1-5H3,(H,67,79)/t35-,43?,44?,47?,62+/m0/s1. The summed E-state index contributed by atoms with van der Waals surface area (Å²) >= 11 is 1.59. The number of pyridine rings is 1. The summed E-state index contributed by atoms with van der Waals surface area (Å²) in [5.41, 5.74) is 4.50. The lowest BCUT2D eigenvalue weighted by Crippen LogP contribution is -2.61. The Morgan fingerprint density at radius 1 is 0.938 bits per heavy atom. The number of nitrogens with one attached hydrogen (secondary N) is 3. The number of likely N-dealkylation sites (tertiary alicyclic amines) is 1. The first-order chi connectivity index (χ1) is 39.1. The number of aryl methyl sites for hydroxylation is 2. The zero-order valence-corrected chi connectivity index (χ0v) is 47.7. The number of carbonyl (C=O) groups excluding carboxylic acids is 2. The van der Waals surface area contributed by atoms with Crippen LogP contribution in [0.4, 0.5) is 22.0 Å². The number of phenols is 1. The number of piperazine rings is 1. The molecular formula is C62H73FN12O5S. The van der Waals surface area contributed by atoms with Crippen LogP contribution in [0.1, 0.15) is 101 Å². The number of thiazole rings is 1. The Balaban J connectivity index is 0.614. The van der Waals surface area contributed by atoms with Gasteiger partial charge in [0.15, 0.2) is 23.0 Å². The molecule has 19 heteroatoms. The van der Waals surface area contributed by atoms with Crippen molar-refractivity contribution in [1.82, 2.24) is 45.9 Å². The van der Waals surface area contributed by atoms with E-state index in [1.165, 1.54) is 0 Å². The summed E-state index contributed by atoms with van der Waals surface area (Å²) in [7, 11) is 0. The number of phenolic OH excluding ortho intramolecular Hbond substituents is 1. The molecule has 3 aromatic carbocycles. The minimum Gasteiger partial charge on any atom is -0.508 e. The Hall–Kier alpha value is -6.64. The summed E-state index contributed by atoms with van der Waals surface area (Å²) in [6, 6.07) is 20.0. The van der Waals surface area contributed by atoms with Crippen LogP contribution in [-0.4, -0.2) is 141 Å². The number of benzene rings is 3. The van der Waals surface area contributed by atoms with Gasteiger partial charge >= 0.3 is 0 Å². The molecule has 2 bridgehead atoms. The fourth-order valence-corrected chi connectivity index (χ4v) is 14.7.